The van der Waals surface area contributed by atoms with Crippen molar-refractivity contribution in [2.45, 2.75) is 44.1 Å². The molecule has 1 fully saturated rings. The molecule has 0 unspecified atom stereocenters. The first-order chi connectivity index (χ1) is 7.53. The lowest BCUT2D eigenvalue weighted by Gasteiger charge is -2.33. The lowest BCUT2D eigenvalue weighted by molar-refractivity contribution is -0.130. The predicted molar refractivity (Wildman–Crippen MR) is 64.1 cm³/mol. The van der Waals surface area contributed by atoms with Crippen LogP contribution < -0.4 is 5.73 Å². The number of hydrogen-bond donors (Lipinski definition) is 1. The van der Waals surface area contributed by atoms with E-state index in [1.165, 1.54) is 19.3 Å². The normalized spacial score (nSPS) is 19.4. The van der Waals surface area contributed by atoms with Crippen LogP contribution in [-0.2, 0) is 9.53 Å². The van der Waals surface area contributed by atoms with Gasteiger partial charge in [0.2, 0.25) is 5.91 Å². The fourth-order valence-corrected chi connectivity index (χ4v) is 2.06. The van der Waals surface area contributed by atoms with Crippen LogP contribution >= 0.6 is 0 Å². The van der Waals surface area contributed by atoms with Crippen LogP contribution in [0, 0.1) is 0 Å². The molecule has 1 saturated carbocycles. The monoisotopic (exact) mass is 228 g/mol. The van der Waals surface area contributed by atoms with Gasteiger partial charge in [-0.2, -0.15) is 0 Å². The molecule has 0 aromatic carbocycles. The highest BCUT2D eigenvalue weighted by molar-refractivity contribution is 5.75. The van der Waals surface area contributed by atoms with Gasteiger partial charge in [0.25, 0.3) is 0 Å². The van der Waals surface area contributed by atoms with Gasteiger partial charge in [-0.1, -0.05) is 19.3 Å². The molecule has 0 saturated heterocycles. The van der Waals surface area contributed by atoms with Crippen molar-refractivity contribution >= 4 is 5.91 Å². The minimum atomic E-state index is -0.139. The summed E-state index contributed by atoms with van der Waals surface area (Å²) in [4.78, 5) is 12.9. The Hall–Kier alpha value is -0.610. The number of carbonyl (C=O) groups excluding carboxylic acids is 1. The van der Waals surface area contributed by atoms with Crippen molar-refractivity contribution in [3.05, 3.63) is 0 Å². The summed E-state index contributed by atoms with van der Waals surface area (Å²) in [6, 6.07) is 0. The van der Waals surface area contributed by atoms with E-state index in [1.807, 2.05) is 0 Å². The van der Waals surface area contributed by atoms with Crippen LogP contribution in [0.25, 0.3) is 0 Å². The average Bonchev–Trinajstić information content (AvgIpc) is 2.25. The van der Waals surface area contributed by atoms with E-state index in [1.54, 1.807) is 19.0 Å². The molecule has 0 heterocycles. The minimum absolute atomic E-state index is 0.106. The molecule has 0 bridgehead atoms. The summed E-state index contributed by atoms with van der Waals surface area (Å²) in [5.41, 5.74) is 6.08. The van der Waals surface area contributed by atoms with E-state index in [9.17, 15) is 4.79 Å². The minimum Gasteiger partial charge on any atom is -0.379 e. The predicted octanol–water partition coefficient (Wildman–Crippen LogP) is 1.14. The molecule has 2 N–H and O–H groups in total. The molecule has 0 aromatic rings. The van der Waals surface area contributed by atoms with Crippen molar-refractivity contribution < 1.29 is 9.53 Å². The van der Waals surface area contributed by atoms with Crippen molar-refractivity contribution in [1.29, 1.82) is 0 Å². The van der Waals surface area contributed by atoms with Gasteiger partial charge in [0, 0.05) is 19.6 Å². The van der Waals surface area contributed by atoms with Crippen LogP contribution in [-0.4, -0.2) is 43.7 Å². The van der Waals surface area contributed by atoms with Gasteiger partial charge >= 0.3 is 0 Å². The fourth-order valence-electron chi connectivity index (χ4n) is 2.06. The molecule has 1 aliphatic rings. The summed E-state index contributed by atoms with van der Waals surface area (Å²) in [5, 5.41) is 0. The summed E-state index contributed by atoms with van der Waals surface area (Å²) < 4.78 is 5.52. The third kappa shape index (κ3) is 4.49. The number of amides is 1. The first kappa shape index (κ1) is 13.5. The Morgan fingerprint density at radius 1 is 1.31 bits per heavy atom. The molecule has 1 amide bonds. The van der Waals surface area contributed by atoms with E-state index < -0.39 is 0 Å². The van der Waals surface area contributed by atoms with Crippen LogP contribution in [0.3, 0.4) is 0 Å². The quantitative estimate of drug-likeness (QED) is 0.718. The molecule has 0 aromatic heterocycles. The molecular weight excluding hydrogens is 204 g/mol. The van der Waals surface area contributed by atoms with Gasteiger partial charge in [-0.05, 0) is 12.8 Å². The second-order valence-electron chi connectivity index (χ2n) is 5.01. The van der Waals surface area contributed by atoms with Gasteiger partial charge in [0.05, 0.1) is 19.6 Å². The van der Waals surface area contributed by atoms with Crippen LogP contribution in [0.2, 0.25) is 0 Å². The topological polar surface area (TPSA) is 55.6 Å². The standard InChI is InChI=1S/C12H24N2O2/c1-14(2)11(15)6-9-16-10-12(13)7-4-3-5-8-12/h3-10,13H2,1-2H3. The summed E-state index contributed by atoms with van der Waals surface area (Å²) in [6.07, 6.45) is 6.25. The summed E-state index contributed by atoms with van der Waals surface area (Å²) in [7, 11) is 3.52. The lowest BCUT2D eigenvalue weighted by Crippen LogP contribution is -2.46. The van der Waals surface area contributed by atoms with Gasteiger partial charge in [-0.15, -0.1) is 0 Å². The molecule has 0 spiro atoms. The van der Waals surface area contributed by atoms with E-state index >= 15 is 0 Å². The molecule has 0 radical (unpaired) electrons. The maximum absolute atomic E-state index is 11.3. The molecule has 1 rings (SSSR count). The molecule has 4 nitrogen and oxygen atoms in total. The Bertz CT molecular complexity index is 223. The first-order valence-corrected chi connectivity index (χ1v) is 6.10. The highest BCUT2D eigenvalue weighted by atomic mass is 16.5. The van der Waals surface area contributed by atoms with Gasteiger partial charge in [-0.25, -0.2) is 0 Å². The Labute approximate surface area is 98.1 Å². The molecule has 1 aliphatic carbocycles. The molecule has 0 aliphatic heterocycles. The lowest BCUT2D eigenvalue weighted by atomic mass is 9.83. The third-order valence-electron chi connectivity index (χ3n) is 3.20. The number of rotatable bonds is 5. The number of ether oxygens (including phenoxy) is 1. The number of carbonyl (C=O) groups is 1. The number of nitrogens with zero attached hydrogens (tertiary/aromatic N) is 1. The highest BCUT2D eigenvalue weighted by Gasteiger charge is 2.27. The molecule has 4 heteroatoms. The zero-order valence-electron chi connectivity index (χ0n) is 10.5. The fraction of sp³-hybridized carbons (Fsp3) is 0.917. The summed E-state index contributed by atoms with van der Waals surface area (Å²) >= 11 is 0. The Morgan fingerprint density at radius 2 is 1.94 bits per heavy atom. The zero-order chi connectivity index (χ0) is 12.0. The Morgan fingerprint density at radius 3 is 2.50 bits per heavy atom. The summed E-state index contributed by atoms with van der Waals surface area (Å²) in [5.74, 6) is 0.106. The number of nitrogens with two attached hydrogens (primary N) is 1. The van der Waals surface area contributed by atoms with Gasteiger partial charge in [0.1, 0.15) is 0 Å². The van der Waals surface area contributed by atoms with E-state index in [0.717, 1.165) is 12.8 Å². The largest absolute Gasteiger partial charge is 0.379 e. The van der Waals surface area contributed by atoms with Crippen molar-refractivity contribution in [2.24, 2.45) is 5.73 Å². The highest BCUT2D eigenvalue weighted by Crippen LogP contribution is 2.25. The molecule has 94 valence electrons. The maximum Gasteiger partial charge on any atom is 0.224 e. The SMILES string of the molecule is CN(C)C(=O)CCOCC1(N)CCCCC1. The van der Waals surface area contributed by atoms with E-state index in [-0.39, 0.29) is 11.4 Å². The van der Waals surface area contributed by atoms with E-state index in [0.29, 0.717) is 19.6 Å². The van der Waals surface area contributed by atoms with Crippen LogP contribution in [0.4, 0.5) is 0 Å². The van der Waals surface area contributed by atoms with Crippen molar-refractivity contribution in [3.8, 4) is 0 Å². The first-order valence-electron chi connectivity index (χ1n) is 6.10. The van der Waals surface area contributed by atoms with Crippen molar-refractivity contribution in [2.75, 3.05) is 27.3 Å². The van der Waals surface area contributed by atoms with Crippen molar-refractivity contribution in [3.63, 3.8) is 0 Å². The van der Waals surface area contributed by atoms with E-state index in [2.05, 4.69) is 0 Å². The Balaban J connectivity index is 2.12. The summed E-state index contributed by atoms with van der Waals surface area (Å²) in [6.45, 7) is 1.07. The second kappa shape index (κ2) is 6.21. The van der Waals surface area contributed by atoms with Gasteiger partial charge in [-0.3, -0.25) is 4.79 Å². The van der Waals surface area contributed by atoms with Crippen LogP contribution in [0.1, 0.15) is 38.5 Å². The second-order valence-corrected chi connectivity index (χ2v) is 5.01. The van der Waals surface area contributed by atoms with Crippen LogP contribution in [0.5, 0.6) is 0 Å². The maximum atomic E-state index is 11.3. The van der Waals surface area contributed by atoms with Gasteiger partial charge in [0.15, 0.2) is 0 Å². The van der Waals surface area contributed by atoms with Crippen LogP contribution in [0.15, 0.2) is 0 Å². The molecular formula is C12H24N2O2. The molecule has 0 atom stereocenters. The average molecular weight is 228 g/mol. The third-order valence-corrected chi connectivity index (χ3v) is 3.20. The Kier molecular flexibility index (Phi) is 5.22. The van der Waals surface area contributed by atoms with Gasteiger partial charge < -0.3 is 15.4 Å². The smallest absolute Gasteiger partial charge is 0.224 e. The number of hydrogen-bond acceptors (Lipinski definition) is 3. The van der Waals surface area contributed by atoms with E-state index in [4.69, 9.17) is 10.5 Å². The zero-order valence-corrected chi connectivity index (χ0v) is 10.5. The molecule has 16 heavy (non-hydrogen) atoms. The van der Waals surface area contributed by atoms with Crippen molar-refractivity contribution in [1.82, 2.24) is 4.90 Å².